The number of anilines is 1. The van der Waals surface area contributed by atoms with Crippen molar-refractivity contribution in [1.82, 2.24) is 9.97 Å². The van der Waals surface area contributed by atoms with E-state index in [1.165, 1.54) is 0 Å². The van der Waals surface area contributed by atoms with Crippen LogP contribution < -0.4 is 10.1 Å². The molecular formula is C16H14ClN3O. The summed E-state index contributed by atoms with van der Waals surface area (Å²) in [4.78, 5) is 8.51. The lowest BCUT2D eigenvalue weighted by Crippen LogP contribution is -1.97. The second-order valence-corrected chi connectivity index (χ2v) is 4.89. The zero-order valence-corrected chi connectivity index (χ0v) is 12.3. The van der Waals surface area contributed by atoms with E-state index in [4.69, 9.17) is 16.3 Å². The highest BCUT2D eigenvalue weighted by Gasteiger charge is 2.08. The summed E-state index contributed by atoms with van der Waals surface area (Å²) in [5.41, 5.74) is 1.65. The standard InChI is InChI=1S/C16H14ClN3O/c1-2-19-11-8-12(10-18-9-11)21-15-6-5-14(17)13-4-3-7-20-16(13)15/h3-10,19H,2H2,1H3. The van der Waals surface area contributed by atoms with Crippen molar-refractivity contribution in [2.45, 2.75) is 6.92 Å². The van der Waals surface area contributed by atoms with Crippen molar-refractivity contribution in [3.63, 3.8) is 0 Å². The summed E-state index contributed by atoms with van der Waals surface area (Å²) in [6, 6.07) is 9.30. The number of ether oxygens (including phenoxy) is 1. The molecule has 0 unspecified atom stereocenters. The minimum absolute atomic E-state index is 0.655. The molecule has 0 radical (unpaired) electrons. The molecule has 0 fully saturated rings. The molecule has 0 atom stereocenters. The van der Waals surface area contributed by atoms with Gasteiger partial charge in [0.2, 0.25) is 0 Å². The average Bonchev–Trinajstić information content (AvgIpc) is 2.51. The van der Waals surface area contributed by atoms with Crippen molar-refractivity contribution in [2.24, 2.45) is 0 Å². The lowest BCUT2D eigenvalue weighted by Gasteiger charge is -2.10. The third-order valence-corrected chi connectivity index (χ3v) is 3.33. The van der Waals surface area contributed by atoms with E-state index in [0.717, 1.165) is 23.1 Å². The first-order chi connectivity index (χ1) is 10.3. The van der Waals surface area contributed by atoms with E-state index in [-0.39, 0.29) is 0 Å². The molecule has 0 saturated carbocycles. The Morgan fingerprint density at radius 1 is 1.24 bits per heavy atom. The van der Waals surface area contributed by atoms with Gasteiger partial charge in [0.15, 0.2) is 5.75 Å². The molecule has 5 heteroatoms. The van der Waals surface area contributed by atoms with Crippen LogP contribution in [0, 0.1) is 0 Å². The highest BCUT2D eigenvalue weighted by atomic mass is 35.5. The van der Waals surface area contributed by atoms with E-state index in [9.17, 15) is 0 Å². The van der Waals surface area contributed by atoms with Crippen LogP contribution in [0.4, 0.5) is 5.69 Å². The van der Waals surface area contributed by atoms with Crippen molar-refractivity contribution in [3.8, 4) is 11.5 Å². The zero-order chi connectivity index (χ0) is 14.7. The van der Waals surface area contributed by atoms with Crippen LogP contribution in [-0.2, 0) is 0 Å². The molecule has 0 aliphatic rings. The summed E-state index contributed by atoms with van der Waals surface area (Å²) in [5, 5.41) is 4.73. The number of nitrogens with one attached hydrogen (secondary N) is 1. The molecule has 106 valence electrons. The third-order valence-electron chi connectivity index (χ3n) is 3.00. The second kappa shape index (κ2) is 5.97. The van der Waals surface area contributed by atoms with Gasteiger partial charge in [-0.1, -0.05) is 11.6 Å². The van der Waals surface area contributed by atoms with Crippen molar-refractivity contribution in [3.05, 3.63) is 53.9 Å². The van der Waals surface area contributed by atoms with E-state index in [1.54, 1.807) is 18.6 Å². The summed E-state index contributed by atoms with van der Waals surface area (Å²) < 4.78 is 5.91. The monoisotopic (exact) mass is 299 g/mol. The molecular weight excluding hydrogens is 286 g/mol. The number of hydrogen-bond donors (Lipinski definition) is 1. The van der Waals surface area contributed by atoms with Crippen LogP contribution in [0.1, 0.15) is 6.92 Å². The first kappa shape index (κ1) is 13.6. The summed E-state index contributed by atoms with van der Waals surface area (Å²) in [6.45, 7) is 2.86. The number of nitrogens with zero attached hydrogens (tertiary/aromatic N) is 2. The molecule has 21 heavy (non-hydrogen) atoms. The number of benzene rings is 1. The van der Waals surface area contributed by atoms with Gasteiger partial charge in [0.1, 0.15) is 11.3 Å². The number of rotatable bonds is 4. The number of hydrogen-bond acceptors (Lipinski definition) is 4. The number of fused-ring (bicyclic) bond motifs is 1. The molecule has 0 aliphatic heterocycles. The molecule has 1 N–H and O–H groups in total. The van der Waals surface area contributed by atoms with Crippen LogP contribution in [0.3, 0.4) is 0 Å². The Hall–Kier alpha value is -2.33. The van der Waals surface area contributed by atoms with E-state index in [2.05, 4.69) is 15.3 Å². The van der Waals surface area contributed by atoms with Gasteiger partial charge in [-0.3, -0.25) is 9.97 Å². The molecule has 0 aliphatic carbocycles. The van der Waals surface area contributed by atoms with Gasteiger partial charge in [-0.05, 0) is 31.2 Å². The lowest BCUT2D eigenvalue weighted by atomic mass is 10.2. The molecule has 0 amide bonds. The normalized spacial score (nSPS) is 10.6. The number of aromatic nitrogens is 2. The first-order valence-corrected chi connectivity index (χ1v) is 7.05. The van der Waals surface area contributed by atoms with Crippen molar-refractivity contribution >= 4 is 28.2 Å². The van der Waals surface area contributed by atoms with E-state index >= 15 is 0 Å². The van der Waals surface area contributed by atoms with Crippen LogP contribution in [0.25, 0.3) is 10.9 Å². The summed E-state index contributed by atoms with van der Waals surface area (Å²) in [6.07, 6.45) is 5.15. The third kappa shape index (κ3) is 2.90. The topological polar surface area (TPSA) is 47.0 Å². The Morgan fingerprint density at radius 3 is 3.00 bits per heavy atom. The number of halogens is 1. The molecule has 2 aromatic heterocycles. The molecule has 1 aromatic carbocycles. The fourth-order valence-corrected chi connectivity index (χ4v) is 2.31. The van der Waals surface area contributed by atoms with Gasteiger partial charge < -0.3 is 10.1 Å². The minimum Gasteiger partial charge on any atom is -0.453 e. The zero-order valence-electron chi connectivity index (χ0n) is 11.5. The predicted octanol–water partition coefficient (Wildman–Crippen LogP) is 4.51. The van der Waals surface area contributed by atoms with E-state index in [1.807, 2.05) is 37.3 Å². The Morgan fingerprint density at radius 2 is 2.14 bits per heavy atom. The quantitative estimate of drug-likeness (QED) is 0.770. The van der Waals surface area contributed by atoms with Gasteiger partial charge in [0.25, 0.3) is 0 Å². The van der Waals surface area contributed by atoms with Crippen LogP contribution in [-0.4, -0.2) is 16.5 Å². The smallest absolute Gasteiger partial charge is 0.153 e. The van der Waals surface area contributed by atoms with Gasteiger partial charge in [-0.25, -0.2) is 0 Å². The molecule has 0 bridgehead atoms. The number of pyridine rings is 2. The highest BCUT2D eigenvalue weighted by Crippen LogP contribution is 2.32. The van der Waals surface area contributed by atoms with E-state index in [0.29, 0.717) is 16.5 Å². The minimum atomic E-state index is 0.655. The maximum absolute atomic E-state index is 6.18. The molecule has 4 nitrogen and oxygen atoms in total. The molecule has 3 rings (SSSR count). The molecule has 2 heterocycles. The average molecular weight is 300 g/mol. The largest absolute Gasteiger partial charge is 0.453 e. The Bertz CT molecular complexity index is 776. The summed E-state index contributed by atoms with van der Waals surface area (Å²) >= 11 is 6.18. The van der Waals surface area contributed by atoms with Crippen LogP contribution in [0.15, 0.2) is 48.9 Å². The van der Waals surface area contributed by atoms with Crippen LogP contribution >= 0.6 is 11.6 Å². The van der Waals surface area contributed by atoms with Gasteiger partial charge in [-0.2, -0.15) is 0 Å². The van der Waals surface area contributed by atoms with Gasteiger partial charge in [0.05, 0.1) is 23.1 Å². The van der Waals surface area contributed by atoms with E-state index < -0.39 is 0 Å². The maximum atomic E-state index is 6.18. The van der Waals surface area contributed by atoms with Gasteiger partial charge in [0, 0.05) is 24.2 Å². The molecule has 0 spiro atoms. The van der Waals surface area contributed by atoms with Crippen molar-refractivity contribution in [2.75, 3.05) is 11.9 Å². The van der Waals surface area contributed by atoms with Crippen molar-refractivity contribution < 1.29 is 4.74 Å². The predicted molar refractivity (Wildman–Crippen MR) is 85.2 cm³/mol. The SMILES string of the molecule is CCNc1cncc(Oc2ccc(Cl)c3cccnc23)c1. The molecule has 3 aromatic rings. The Kier molecular flexibility index (Phi) is 3.88. The molecule has 0 saturated heterocycles. The van der Waals surface area contributed by atoms with Crippen LogP contribution in [0.2, 0.25) is 5.02 Å². The summed E-state index contributed by atoms with van der Waals surface area (Å²) in [5.74, 6) is 1.31. The lowest BCUT2D eigenvalue weighted by molar-refractivity contribution is 0.485. The fraction of sp³-hybridized carbons (Fsp3) is 0.125. The Balaban J connectivity index is 1.98. The first-order valence-electron chi connectivity index (χ1n) is 6.68. The van der Waals surface area contributed by atoms with Gasteiger partial charge >= 0.3 is 0 Å². The van der Waals surface area contributed by atoms with Gasteiger partial charge in [-0.15, -0.1) is 0 Å². The second-order valence-electron chi connectivity index (χ2n) is 4.49. The fourth-order valence-electron chi connectivity index (χ4n) is 2.10. The summed E-state index contributed by atoms with van der Waals surface area (Å²) in [7, 11) is 0. The van der Waals surface area contributed by atoms with Crippen LogP contribution in [0.5, 0.6) is 11.5 Å². The Labute approximate surface area is 127 Å². The van der Waals surface area contributed by atoms with Crippen molar-refractivity contribution in [1.29, 1.82) is 0 Å². The highest BCUT2D eigenvalue weighted by molar-refractivity contribution is 6.35. The maximum Gasteiger partial charge on any atom is 0.153 e.